The molecular weight excluding hydrogens is 222 g/mol. The summed E-state index contributed by atoms with van der Waals surface area (Å²) in [6.07, 6.45) is 0.0111. The maximum absolute atomic E-state index is 11.9. The average Bonchev–Trinajstić information content (AvgIpc) is 2.21. The van der Waals surface area contributed by atoms with Gasteiger partial charge in [0, 0.05) is 6.54 Å². The van der Waals surface area contributed by atoms with E-state index < -0.39 is 23.7 Å². The molecule has 5 nitrogen and oxygen atoms in total. The third-order valence-electron chi connectivity index (χ3n) is 2.20. The van der Waals surface area contributed by atoms with Crippen LogP contribution in [-0.4, -0.2) is 42.3 Å². The van der Waals surface area contributed by atoms with E-state index in [9.17, 15) is 9.59 Å². The fourth-order valence-electron chi connectivity index (χ4n) is 1.45. The summed E-state index contributed by atoms with van der Waals surface area (Å²) in [6.45, 7) is 9.40. The van der Waals surface area contributed by atoms with Gasteiger partial charge in [0.25, 0.3) is 0 Å². The Morgan fingerprint density at radius 3 is 2.06 bits per heavy atom. The van der Waals surface area contributed by atoms with E-state index in [0.29, 0.717) is 13.0 Å². The van der Waals surface area contributed by atoms with Crippen molar-refractivity contribution in [3.05, 3.63) is 0 Å². The van der Waals surface area contributed by atoms with E-state index in [0.717, 1.165) is 0 Å². The second-order valence-electron chi connectivity index (χ2n) is 4.71. The Hall–Kier alpha value is -1.26. The number of esters is 1. The smallest absolute Gasteiger partial charge is 0.411 e. The molecule has 5 heteroatoms. The van der Waals surface area contributed by atoms with Crippen LogP contribution in [0, 0.1) is 0 Å². The van der Waals surface area contributed by atoms with E-state index in [2.05, 4.69) is 4.74 Å². The summed E-state index contributed by atoms with van der Waals surface area (Å²) < 4.78 is 9.93. The van der Waals surface area contributed by atoms with Crippen LogP contribution in [0.25, 0.3) is 0 Å². The highest BCUT2D eigenvalue weighted by Gasteiger charge is 2.31. The van der Waals surface area contributed by atoms with Gasteiger partial charge in [-0.2, -0.15) is 0 Å². The van der Waals surface area contributed by atoms with E-state index in [-0.39, 0.29) is 0 Å². The van der Waals surface area contributed by atoms with Crippen LogP contribution in [-0.2, 0) is 14.3 Å². The molecule has 0 aliphatic carbocycles. The van der Waals surface area contributed by atoms with E-state index in [1.165, 1.54) is 12.0 Å². The molecular formula is C12H23NO4. The van der Waals surface area contributed by atoms with Crippen molar-refractivity contribution < 1.29 is 19.1 Å². The summed E-state index contributed by atoms with van der Waals surface area (Å²) in [5.41, 5.74) is -0.571. The average molecular weight is 245 g/mol. The Kier molecular flexibility index (Phi) is 5.99. The van der Waals surface area contributed by atoms with Gasteiger partial charge in [0.15, 0.2) is 0 Å². The van der Waals surface area contributed by atoms with Crippen LogP contribution in [0.15, 0.2) is 0 Å². The molecule has 0 spiro atoms. The summed E-state index contributed by atoms with van der Waals surface area (Å²) >= 11 is 0. The zero-order chi connectivity index (χ0) is 13.6. The van der Waals surface area contributed by atoms with Gasteiger partial charge in [-0.15, -0.1) is 0 Å². The molecule has 0 saturated heterocycles. The molecule has 17 heavy (non-hydrogen) atoms. The molecule has 0 heterocycles. The first-order valence-electron chi connectivity index (χ1n) is 5.84. The molecule has 0 aromatic rings. The third-order valence-corrected chi connectivity index (χ3v) is 2.20. The molecule has 0 bridgehead atoms. The predicted octanol–water partition coefficient (Wildman–Crippen LogP) is 2.20. The highest BCUT2D eigenvalue weighted by Crippen LogP contribution is 2.14. The molecule has 1 amide bonds. The quantitative estimate of drug-likeness (QED) is 0.712. The van der Waals surface area contributed by atoms with Crippen molar-refractivity contribution in [1.29, 1.82) is 0 Å². The minimum absolute atomic E-state index is 0.405. The van der Waals surface area contributed by atoms with E-state index in [1.54, 1.807) is 27.7 Å². The highest BCUT2D eigenvalue weighted by molar-refractivity contribution is 5.81. The van der Waals surface area contributed by atoms with Crippen molar-refractivity contribution in [3.63, 3.8) is 0 Å². The van der Waals surface area contributed by atoms with Crippen molar-refractivity contribution in [1.82, 2.24) is 4.90 Å². The van der Waals surface area contributed by atoms with E-state index >= 15 is 0 Å². The minimum Gasteiger partial charge on any atom is -0.467 e. The van der Waals surface area contributed by atoms with Gasteiger partial charge in [0.1, 0.15) is 11.6 Å². The van der Waals surface area contributed by atoms with Crippen LogP contribution in [0.1, 0.15) is 41.0 Å². The molecule has 1 atom stereocenters. The summed E-state index contributed by atoms with van der Waals surface area (Å²) in [7, 11) is 1.31. The van der Waals surface area contributed by atoms with Gasteiger partial charge in [-0.3, -0.25) is 4.90 Å². The molecule has 0 fully saturated rings. The highest BCUT2D eigenvalue weighted by atomic mass is 16.6. The summed E-state index contributed by atoms with van der Waals surface area (Å²) in [5, 5.41) is 0. The molecule has 100 valence electrons. The molecule has 0 radical (unpaired) electrons. The van der Waals surface area contributed by atoms with Gasteiger partial charge < -0.3 is 9.47 Å². The first-order chi connectivity index (χ1) is 7.76. The van der Waals surface area contributed by atoms with E-state index in [4.69, 9.17) is 4.74 Å². The Labute approximate surface area is 103 Å². The first kappa shape index (κ1) is 15.7. The van der Waals surface area contributed by atoms with Gasteiger partial charge in [-0.1, -0.05) is 6.92 Å². The topological polar surface area (TPSA) is 55.8 Å². The van der Waals surface area contributed by atoms with Crippen LogP contribution in [0.5, 0.6) is 0 Å². The molecule has 0 aliphatic rings. The lowest BCUT2D eigenvalue weighted by Gasteiger charge is -2.30. The summed E-state index contributed by atoms with van der Waals surface area (Å²) in [5.74, 6) is -0.416. The Morgan fingerprint density at radius 2 is 1.76 bits per heavy atom. The standard InChI is InChI=1S/C12H23NO4/c1-7-9(10(14)16-6)13(8-2)11(15)17-12(3,4)5/h9H,7-8H2,1-6H3. The van der Waals surface area contributed by atoms with Crippen LogP contribution in [0.3, 0.4) is 0 Å². The Morgan fingerprint density at radius 1 is 1.24 bits per heavy atom. The maximum atomic E-state index is 11.9. The number of hydrogen-bond donors (Lipinski definition) is 0. The van der Waals surface area contributed by atoms with Crippen molar-refractivity contribution in [2.45, 2.75) is 52.7 Å². The van der Waals surface area contributed by atoms with Crippen LogP contribution in [0.2, 0.25) is 0 Å². The van der Waals surface area contributed by atoms with Gasteiger partial charge in [0.2, 0.25) is 0 Å². The predicted molar refractivity (Wildman–Crippen MR) is 64.7 cm³/mol. The van der Waals surface area contributed by atoms with Crippen LogP contribution >= 0.6 is 0 Å². The minimum atomic E-state index is -0.583. The van der Waals surface area contributed by atoms with Gasteiger partial charge >= 0.3 is 12.1 Å². The lowest BCUT2D eigenvalue weighted by atomic mass is 10.2. The fourth-order valence-corrected chi connectivity index (χ4v) is 1.45. The molecule has 0 rings (SSSR count). The monoisotopic (exact) mass is 245 g/mol. The van der Waals surface area contributed by atoms with Crippen molar-refractivity contribution in [2.24, 2.45) is 0 Å². The number of ether oxygens (including phenoxy) is 2. The molecule has 0 aromatic carbocycles. The zero-order valence-electron chi connectivity index (χ0n) is 11.6. The van der Waals surface area contributed by atoms with Crippen molar-refractivity contribution in [2.75, 3.05) is 13.7 Å². The second kappa shape index (κ2) is 6.47. The number of methoxy groups -OCH3 is 1. The van der Waals surface area contributed by atoms with Gasteiger partial charge in [-0.05, 0) is 34.1 Å². The number of nitrogens with zero attached hydrogens (tertiary/aromatic N) is 1. The molecule has 0 aliphatic heterocycles. The number of carbonyl (C=O) groups excluding carboxylic acids is 2. The molecule has 0 N–H and O–H groups in total. The first-order valence-corrected chi connectivity index (χ1v) is 5.84. The zero-order valence-corrected chi connectivity index (χ0v) is 11.6. The summed E-state index contributed by atoms with van der Waals surface area (Å²) in [4.78, 5) is 24.8. The Bertz CT molecular complexity index is 270. The van der Waals surface area contributed by atoms with Gasteiger partial charge in [0.05, 0.1) is 7.11 Å². The van der Waals surface area contributed by atoms with Crippen LogP contribution in [0.4, 0.5) is 4.79 Å². The second-order valence-corrected chi connectivity index (χ2v) is 4.71. The molecule has 0 aromatic heterocycles. The van der Waals surface area contributed by atoms with Gasteiger partial charge in [-0.25, -0.2) is 9.59 Å². The third kappa shape index (κ3) is 5.06. The largest absolute Gasteiger partial charge is 0.467 e. The summed E-state index contributed by atoms with van der Waals surface area (Å²) in [6, 6.07) is -0.583. The maximum Gasteiger partial charge on any atom is 0.411 e. The SMILES string of the molecule is CCC(C(=O)OC)N(CC)C(=O)OC(C)(C)C. The number of hydrogen-bond acceptors (Lipinski definition) is 4. The van der Waals surface area contributed by atoms with Crippen LogP contribution < -0.4 is 0 Å². The number of rotatable bonds is 4. The van der Waals surface area contributed by atoms with E-state index in [1.807, 2.05) is 6.92 Å². The lowest BCUT2D eigenvalue weighted by Crippen LogP contribution is -2.47. The van der Waals surface area contributed by atoms with Crippen molar-refractivity contribution in [3.8, 4) is 0 Å². The van der Waals surface area contributed by atoms with Crippen molar-refractivity contribution >= 4 is 12.1 Å². The fraction of sp³-hybridized carbons (Fsp3) is 0.833. The molecule has 0 saturated carbocycles. The Balaban J connectivity index is 4.80. The number of carbonyl (C=O) groups is 2. The number of amides is 1. The lowest BCUT2D eigenvalue weighted by molar-refractivity contribution is -0.146. The normalized spacial score (nSPS) is 12.8. The number of likely N-dealkylation sites (N-methyl/N-ethyl adjacent to an activating group) is 1. The molecule has 1 unspecified atom stereocenters.